The van der Waals surface area contributed by atoms with E-state index in [2.05, 4.69) is 29.3 Å². The van der Waals surface area contributed by atoms with Crippen LogP contribution in [0, 0.1) is 0 Å². The van der Waals surface area contributed by atoms with Crippen molar-refractivity contribution in [2.45, 2.75) is 22.7 Å². The van der Waals surface area contributed by atoms with E-state index in [1.165, 1.54) is 11.8 Å². The van der Waals surface area contributed by atoms with Gasteiger partial charge in [-0.25, -0.2) is 4.79 Å². The molecule has 130 valence electrons. The number of benzene rings is 1. The topological polar surface area (TPSA) is 74.2 Å². The number of nitrogens with zero attached hydrogens (tertiary/aromatic N) is 2. The van der Waals surface area contributed by atoms with Gasteiger partial charge in [-0.05, 0) is 38.7 Å². The summed E-state index contributed by atoms with van der Waals surface area (Å²) in [5.74, 6) is 0.526. The van der Waals surface area contributed by atoms with Gasteiger partial charge in [0.2, 0.25) is 0 Å². The summed E-state index contributed by atoms with van der Waals surface area (Å²) in [7, 11) is 4.10. The zero-order valence-corrected chi connectivity index (χ0v) is 15.3. The van der Waals surface area contributed by atoms with Crippen LogP contribution < -0.4 is 10.1 Å². The van der Waals surface area contributed by atoms with Crippen molar-refractivity contribution in [3.63, 3.8) is 0 Å². The Bertz CT molecular complexity index is 651. The number of anilines is 1. The van der Waals surface area contributed by atoms with Gasteiger partial charge in [-0.2, -0.15) is 0 Å². The lowest BCUT2D eigenvalue weighted by molar-refractivity contribution is -0.137. The molecule has 0 fully saturated rings. The first-order chi connectivity index (χ1) is 11.5. The maximum atomic E-state index is 11.0. The highest BCUT2D eigenvalue weighted by molar-refractivity contribution is 8.16. The number of thioether (sulfide) groups is 2. The highest BCUT2D eigenvalue weighted by Crippen LogP contribution is 2.43. The van der Waals surface area contributed by atoms with E-state index >= 15 is 0 Å². The summed E-state index contributed by atoms with van der Waals surface area (Å²) in [6.45, 7) is 1.70. The largest absolute Gasteiger partial charge is 0.494 e. The van der Waals surface area contributed by atoms with Crippen molar-refractivity contribution >= 4 is 40.2 Å². The van der Waals surface area contributed by atoms with Gasteiger partial charge in [-0.15, -0.1) is 11.8 Å². The Hall–Kier alpha value is -1.38. The lowest BCUT2D eigenvalue weighted by Crippen LogP contribution is -2.19. The smallest absolute Gasteiger partial charge is 0.329 e. The van der Waals surface area contributed by atoms with Crippen LogP contribution in [0.5, 0.6) is 5.75 Å². The molecule has 0 spiro atoms. The molecule has 1 unspecified atom stereocenters. The molecule has 2 atom stereocenters. The SMILES string of the molecule is CN(C)CCCOc1ccc2c(c1)SC(C1=N[C@@H](C(=O)O)CS1)N2. The van der Waals surface area contributed by atoms with E-state index in [0.29, 0.717) is 12.4 Å². The maximum Gasteiger partial charge on any atom is 0.329 e. The number of carbonyl (C=O) groups is 1. The van der Waals surface area contributed by atoms with Crippen molar-refractivity contribution in [2.75, 3.05) is 38.3 Å². The Morgan fingerprint density at radius 2 is 2.33 bits per heavy atom. The molecule has 0 saturated heterocycles. The minimum absolute atomic E-state index is 0.00154. The van der Waals surface area contributed by atoms with Crippen LogP contribution in [0.4, 0.5) is 5.69 Å². The van der Waals surface area contributed by atoms with Gasteiger partial charge in [-0.3, -0.25) is 4.99 Å². The van der Waals surface area contributed by atoms with Crippen molar-refractivity contribution < 1.29 is 14.6 Å². The highest BCUT2D eigenvalue weighted by atomic mass is 32.2. The first-order valence-corrected chi connectivity index (χ1v) is 9.67. The number of rotatable bonds is 7. The zero-order chi connectivity index (χ0) is 17.1. The molecule has 1 aromatic carbocycles. The summed E-state index contributed by atoms with van der Waals surface area (Å²) < 4.78 is 5.81. The van der Waals surface area contributed by atoms with Gasteiger partial charge in [0, 0.05) is 22.9 Å². The summed E-state index contributed by atoms with van der Waals surface area (Å²) in [6, 6.07) is 5.40. The van der Waals surface area contributed by atoms with E-state index in [4.69, 9.17) is 9.84 Å². The second-order valence-electron chi connectivity index (χ2n) is 5.94. The first kappa shape index (κ1) is 17.4. The van der Waals surface area contributed by atoms with Gasteiger partial charge in [0.05, 0.1) is 6.61 Å². The lowest BCUT2D eigenvalue weighted by atomic mass is 10.3. The fraction of sp³-hybridized carbons (Fsp3) is 0.500. The molecule has 3 rings (SSSR count). The number of aliphatic carboxylic acids is 1. The number of carboxylic acids is 1. The van der Waals surface area contributed by atoms with E-state index in [1.807, 2.05) is 18.2 Å². The van der Waals surface area contributed by atoms with E-state index in [9.17, 15) is 4.79 Å². The molecular weight excluding hydrogens is 346 g/mol. The standard InChI is InChI=1S/C16H21N3O3S2/c1-19(2)6-3-7-22-10-4-5-11-13(8-10)24-15(17-11)14-18-12(9-23-14)16(20)21/h4-5,8,12,15,17H,3,6-7,9H2,1-2H3,(H,20,21)/t12-,15?/m1/s1. The number of carboxylic acid groups (broad SMARTS) is 1. The van der Waals surface area contributed by atoms with Crippen LogP contribution in [0.3, 0.4) is 0 Å². The third kappa shape index (κ3) is 4.17. The Morgan fingerprint density at radius 1 is 1.50 bits per heavy atom. The molecule has 1 aromatic rings. The maximum absolute atomic E-state index is 11.0. The zero-order valence-electron chi connectivity index (χ0n) is 13.7. The molecule has 0 amide bonds. The fourth-order valence-electron chi connectivity index (χ4n) is 2.45. The molecule has 8 heteroatoms. The van der Waals surface area contributed by atoms with Gasteiger partial charge < -0.3 is 20.1 Å². The van der Waals surface area contributed by atoms with Gasteiger partial charge in [0.25, 0.3) is 0 Å². The summed E-state index contributed by atoms with van der Waals surface area (Å²) in [6.07, 6.45) is 0.988. The van der Waals surface area contributed by atoms with Gasteiger partial charge >= 0.3 is 5.97 Å². The molecule has 6 nitrogen and oxygen atoms in total. The summed E-state index contributed by atoms with van der Waals surface area (Å²) >= 11 is 3.18. The van der Waals surface area contributed by atoms with Gasteiger partial charge in [-0.1, -0.05) is 11.8 Å². The van der Waals surface area contributed by atoms with Crippen LogP contribution in [0.15, 0.2) is 28.1 Å². The molecule has 0 saturated carbocycles. The predicted octanol–water partition coefficient (Wildman–Crippen LogP) is 2.46. The lowest BCUT2D eigenvalue weighted by Gasteiger charge is -2.10. The third-order valence-electron chi connectivity index (χ3n) is 3.68. The summed E-state index contributed by atoms with van der Waals surface area (Å²) in [5.41, 5.74) is 1.05. The second-order valence-corrected chi connectivity index (χ2v) is 8.13. The minimum atomic E-state index is -0.855. The van der Waals surface area contributed by atoms with E-state index in [0.717, 1.165) is 34.3 Å². The molecule has 0 bridgehead atoms. The van der Waals surface area contributed by atoms with Gasteiger partial charge in [0.15, 0.2) is 6.04 Å². The number of ether oxygens (including phenoxy) is 1. The Balaban J connectivity index is 1.57. The average molecular weight is 367 g/mol. The molecule has 0 aromatic heterocycles. The van der Waals surface area contributed by atoms with Crippen LogP contribution in [0.1, 0.15) is 6.42 Å². The molecular formula is C16H21N3O3S2. The Kier molecular flexibility index (Phi) is 5.57. The van der Waals surface area contributed by atoms with Crippen LogP contribution in [-0.4, -0.2) is 65.4 Å². The fourth-order valence-corrected chi connectivity index (χ4v) is 4.80. The normalized spacial score (nSPS) is 22.2. The van der Waals surface area contributed by atoms with Crippen molar-refractivity contribution in [1.29, 1.82) is 0 Å². The number of hydrogen-bond donors (Lipinski definition) is 2. The van der Waals surface area contributed by atoms with Crippen LogP contribution in [0.2, 0.25) is 0 Å². The highest BCUT2D eigenvalue weighted by Gasteiger charge is 2.33. The van der Waals surface area contributed by atoms with Crippen molar-refractivity contribution in [2.24, 2.45) is 4.99 Å². The monoisotopic (exact) mass is 367 g/mol. The van der Waals surface area contributed by atoms with Crippen molar-refractivity contribution in [1.82, 2.24) is 4.90 Å². The number of fused-ring (bicyclic) bond motifs is 1. The van der Waals surface area contributed by atoms with Crippen LogP contribution in [-0.2, 0) is 4.79 Å². The predicted molar refractivity (Wildman–Crippen MR) is 99.7 cm³/mol. The third-order valence-corrected chi connectivity index (χ3v) is 6.12. The van der Waals surface area contributed by atoms with E-state index in [-0.39, 0.29) is 5.37 Å². The molecule has 0 radical (unpaired) electrons. The number of nitrogens with one attached hydrogen (secondary N) is 1. The average Bonchev–Trinajstić information content (AvgIpc) is 3.17. The Morgan fingerprint density at radius 3 is 3.04 bits per heavy atom. The number of hydrogen-bond acceptors (Lipinski definition) is 7. The molecule has 2 heterocycles. The van der Waals surface area contributed by atoms with E-state index < -0.39 is 12.0 Å². The molecule has 2 N–H and O–H groups in total. The van der Waals surface area contributed by atoms with Crippen LogP contribution in [0.25, 0.3) is 0 Å². The molecule has 2 aliphatic rings. The minimum Gasteiger partial charge on any atom is -0.494 e. The van der Waals surface area contributed by atoms with Crippen molar-refractivity contribution in [3.8, 4) is 5.75 Å². The van der Waals surface area contributed by atoms with E-state index in [1.54, 1.807) is 11.8 Å². The first-order valence-electron chi connectivity index (χ1n) is 7.81. The van der Waals surface area contributed by atoms with Gasteiger partial charge in [0.1, 0.15) is 16.2 Å². The quantitative estimate of drug-likeness (QED) is 0.717. The van der Waals surface area contributed by atoms with Crippen LogP contribution >= 0.6 is 23.5 Å². The molecule has 2 aliphatic heterocycles. The molecule has 0 aliphatic carbocycles. The second kappa shape index (κ2) is 7.67. The summed E-state index contributed by atoms with van der Waals surface area (Å²) in [5, 5.41) is 13.3. The molecule has 24 heavy (non-hydrogen) atoms. The Labute approximate surface area is 150 Å². The number of aliphatic imine (C=N–C) groups is 1. The van der Waals surface area contributed by atoms with Crippen molar-refractivity contribution in [3.05, 3.63) is 18.2 Å². The summed E-state index contributed by atoms with van der Waals surface area (Å²) in [4.78, 5) is 18.6.